The van der Waals surface area contributed by atoms with E-state index in [9.17, 15) is 18.3 Å². The summed E-state index contributed by atoms with van der Waals surface area (Å²) in [6.07, 6.45) is 1.05. The van der Waals surface area contributed by atoms with Gasteiger partial charge in [-0.2, -0.15) is 0 Å². The number of carbonyl (C=O) groups is 1. The van der Waals surface area contributed by atoms with Crippen molar-refractivity contribution in [1.29, 1.82) is 0 Å². The van der Waals surface area contributed by atoms with E-state index in [1.807, 2.05) is 0 Å². The number of nitrogens with two attached hydrogens (primary N) is 1. The first-order valence-corrected chi connectivity index (χ1v) is 8.00. The van der Waals surface area contributed by atoms with Crippen LogP contribution in [-0.4, -0.2) is 44.7 Å². The molecule has 0 spiro atoms. The summed E-state index contributed by atoms with van der Waals surface area (Å²) in [6, 6.07) is 6.72. The molecule has 0 aromatic heterocycles. The summed E-state index contributed by atoms with van der Waals surface area (Å²) in [5.74, 6) is -1.17. The molecule has 0 heterocycles. The zero-order valence-corrected chi connectivity index (χ0v) is 12.1. The number of ether oxygens (including phenoxy) is 1. The lowest BCUT2D eigenvalue weighted by Crippen LogP contribution is -2.31. The van der Waals surface area contributed by atoms with E-state index in [4.69, 9.17) is 10.5 Å². The first-order valence-electron chi connectivity index (χ1n) is 6.05. The summed E-state index contributed by atoms with van der Waals surface area (Å²) >= 11 is 0. The summed E-state index contributed by atoms with van der Waals surface area (Å²) in [6.45, 7) is -0.212. The second kappa shape index (κ2) is 4.75. The van der Waals surface area contributed by atoms with Crippen LogP contribution in [0.3, 0.4) is 0 Å². The number of hydrogen-bond acceptors (Lipinski definition) is 5. The number of carboxylic acids is 1. The van der Waals surface area contributed by atoms with Crippen molar-refractivity contribution in [3.63, 3.8) is 0 Å². The van der Waals surface area contributed by atoms with Gasteiger partial charge in [0.15, 0.2) is 9.84 Å². The molecule has 20 heavy (non-hydrogen) atoms. The standard InChI is InChI=1S/C13H17NO5S/c1-19-9-5-3-8(4-6-9)10-11(20(2,17)18)13(10,7-14)12(15)16/h3-6,10-11H,7,14H2,1-2H3,(H,15,16). The van der Waals surface area contributed by atoms with E-state index in [-0.39, 0.29) is 6.54 Å². The quantitative estimate of drug-likeness (QED) is 0.806. The Hall–Kier alpha value is -1.60. The Bertz CT molecular complexity index is 625. The van der Waals surface area contributed by atoms with E-state index in [1.165, 1.54) is 7.11 Å². The molecule has 1 aliphatic rings. The van der Waals surface area contributed by atoms with Gasteiger partial charge < -0.3 is 15.6 Å². The lowest BCUT2D eigenvalue weighted by Gasteiger charge is -2.09. The monoisotopic (exact) mass is 299 g/mol. The van der Waals surface area contributed by atoms with Crippen LogP contribution in [-0.2, 0) is 14.6 Å². The van der Waals surface area contributed by atoms with Gasteiger partial charge in [-0.05, 0) is 17.7 Å². The number of rotatable bonds is 5. The number of sulfone groups is 1. The van der Waals surface area contributed by atoms with Crippen molar-refractivity contribution in [2.24, 2.45) is 11.1 Å². The molecule has 0 aliphatic heterocycles. The molecule has 7 heteroatoms. The molecule has 1 aromatic carbocycles. The molecule has 0 saturated heterocycles. The van der Waals surface area contributed by atoms with Crippen LogP contribution in [0.1, 0.15) is 11.5 Å². The van der Waals surface area contributed by atoms with Crippen molar-refractivity contribution in [2.45, 2.75) is 11.2 Å². The van der Waals surface area contributed by atoms with E-state index in [1.54, 1.807) is 24.3 Å². The molecular formula is C13H17NO5S. The summed E-state index contributed by atoms with van der Waals surface area (Å²) < 4.78 is 28.7. The number of methoxy groups -OCH3 is 1. The maximum atomic E-state index is 11.8. The minimum Gasteiger partial charge on any atom is -0.497 e. The normalized spacial score (nSPS) is 28.9. The average Bonchev–Trinajstić information content (AvgIpc) is 3.09. The third kappa shape index (κ3) is 2.06. The van der Waals surface area contributed by atoms with Gasteiger partial charge in [0.2, 0.25) is 0 Å². The minimum absolute atomic E-state index is 0.212. The van der Waals surface area contributed by atoms with Gasteiger partial charge in [0.05, 0.1) is 12.4 Å². The van der Waals surface area contributed by atoms with E-state index in [0.29, 0.717) is 11.3 Å². The first kappa shape index (κ1) is 14.8. The lowest BCUT2D eigenvalue weighted by atomic mass is 9.99. The molecule has 6 nitrogen and oxygen atoms in total. The van der Waals surface area contributed by atoms with Gasteiger partial charge in [-0.3, -0.25) is 4.79 Å². The fourth-order valence-corrected chi connectivity index (χ4v) is 4.83. The molecule has 1 saturated carbocycles. The van der Waals surface area contributed by atoms with Crippen LogP contribution in [0.25, 0.3) is 0 Å². The maximum absolute atomic E-state index is 11.8. The SMILES string of the molecule is COc1ccc(C2C(S(C)(=O)=O)C2(CN)C(=O)O)cc1. The summed E-state index contributed by atoms with van der Waals surface area (Å²) in [5, 5.41) is 8.42. The van der Waals surface area contributed by atoms with Crippen LogP contribution in [0, 0.1) is 5.41 Å². The van der Waals surface area contributed by atoms with Crippen LogP contribution in [0.15, 0.2) is 24.3 Å². The number of aliphatic carboxylic acids is 1. The fourth-order valence-electron chi connectivity index (χ4n) is 2.90. The molecule has 1 aromatic rings. The van der Waals surface area contributed by atoms with E-state index < -0.39 is 32.4 Å². The van der Waals surface area contributed by atoms with Crippen molar-refractivity contribution >= 4 is 15.8 Å². The van der Waals surface area contributed by atoms with Crippen molar-refractivity contribution in [3.8, 4) is 5.75 Å². The first-order chi connectivity index (χ1) is 9.29. The predicted molar refractivity (Wildman–Crippen MR) is 73.5 cm³/mol. The minimum atomic E-state index is -3.50. The summed E-state index contributed by atoms with van der Waals surface area (Å²) in [5.41, 5.74) is 4.79. The van der Waals surface area contributed by atoms with E-state index >= 15 is 0 Å². The highest BCUT2D eigenvalue weighted by Crippen LogP contribution is 2.62. The Morgan fingerprint density at radius 2 is 1.95 bits per heavy atom. The Kier molecular flexibility index (Phi) is 3.51. The average molecular weight is 299 g/mol. The van der Waals surface area contributed by atoms with E-state index in [2.05, 4.69) is 0 Å². The second-order valence-corrected chi connectivity index (χ2v) is 7.22. The summed E-state index contributed by atoms with van der Waals surface area (Å²) in [7, 11) is -1.98. The fraction of sp³-hybridized carbons (Fsp3) is 0.462. The molecular weight excluding hydrogens is 282 g/mol. The molecule has 1 aliphatic carbocycles. The van der Waals surface area contributed by atoms with Gasteiger partial charge >= 0.3 is 5.97 Å². The Morgan fingerprint density at radius 1 is 1.40 bits per heavy atom. The van der Waals surface area contributed by atoms with Gasteiger partial charge in [0.1, 0.15) is 11.2 Å². The van der Waals surface area contributed by atoms with Crippen molar-refractivity contribution in [2.75, 3.05) is 19.9 Å². The summed E-state index contributed by atoms with van der Waals surface area (Å²) in [4.78, 5) is 11.5. The smallest absolute Gasteiger partial charge is 0.312 e. The Balaban J connectivity index is 2.46. The topological polar surface area (TPSA) is 107 Å². The van der Waals surface area contributed by atoms with Crippen LogP contribution in [0.5, 0.6) is 5.75 Å². The molecule has 0 bridgehead atoms. The number of hydrogen-bond donors (Lipinski definition) is 2. The molecule has 3 unspecified atom stereocenters. The van der Waals surface area contributed by atoms with Crippen molar-refractivity contribution in [3.05, 3.63) is 29.8 Å². The highest BCUT2D eigenvalue weighted by atomic mass is 32.2. The van der Waals surface area contributed by atoms with Gasteiger partial charge in [-0.1, -0.05) is 12.1 Å². The molecule has 3 atom stereocenters. The van der Waals surface area contributed by atoms with Gasteiger partial charge in [-0.15, -0.1) is 0 Å². The third-order valence-corrected chi connectivity index (χ3v) is 5.54. The van der Waals surface area contributed by atoms with Crippen LogP contribution >= 0.6 is 0 Å². The van der Waals surface area contributed by atoms with Gasteiger partial charge in [0, 0.05) is 18.7 Å². The molecule has 110 valence electrons. The zero-order chi connectivity index (χ0) is 15.1. The molecule has 0 radical (unpaired) electrons. The highest BCUT2D eigenvalue weighted by Gasteiger charge is 2.74. The van der Waals surface area contributed by atoms with Gasteiger partial charge in [-0.25, -0.2) is 8.42 Å². The molecule has 3 N–H and O–H groups in total. The zero-order valence-electron chi connectivity index (χ0n) is 11.2. The Labute approximate surface area is 117 Å². The van der Waals surface area contributed by atoms with Crippen LogP contribution < -0.4 is 10.5 Å². The highest BCUT2D eigenvalue weighted by molar-refractivity contribution is 7.91. The van der Waals surface area contributed by atoms with Crippen molar-refractivity contribution < 1.29 is 23.1 Å². The van der Waals surface area contributed by atoms with Crippen LogP contribution in [0.2, 0.25) is 0 Å². The molecule has 0 amide bonds. The van der Waals surface area contributed by atoms with Gasteiger partial charge in [0.25, 0.3) is 0 Å². The third-order valence-electron chi connectivity index (χ3n) is 3.93. The van der Waals surface area contributed by atoms with E-state index in [0.717, 1.165) is 6.26 Å². The number of carboxylic acid groups (broad SMARTS) is 1. The lowest BCUT2D eigenvalue weighted by molar-refractivity contribution is -0.143. The van der Waals surface area contributed by atoms with Crippen LogP contribution in [0.4, 0.5) is 0 Å². The second-order valence-electron chi connectivity index (χ2n) is 5.05. The van der Waals surface area contributed by atoms with Crippen molar-refractivity contribution in [1.82, 2.24) is 0 Å². The maximum Gasteiger partial charge on any atom is 0.312 e. The largest absolute Gasteiger partial charge is 0.497 e. The Morgan fingerprint density at radius 3 is 2.25 bits per heavy atom. The number of benzene rings is 1. The molecule has 1 fully saturated rings. The molecule has 2 rings (SSSR count). The predicted octanol–water partition coefficient (Wildman–Crippen LogP) is 0.235.